The topological polar surface area (TPSA) is 25.8 Å². The van der Waals surface area contributed by atoms with Crippen molar-refractivity contribution in [2.75, 3.05) is 0 Å². The molecule has 0 aliphatic heterocycles. The lowest BCUT2D eigenvalue weighted by molar-refractivity contribution is 0.368. The molecule has 0 fully saturated rings. The Labute approximate surface area is 141 Å². The molecular weight excluding hydrogens is 331 g/mol. The van der Waals surface area contributed by atoms with Crippen molar-refractivity contribution in [2.24, 2.45) is 0 Å². The fourth-order valence-electron chi connectivity index (χ4n) is 2.42. The highest BCUT2D eigenvalue weighted by atomic mass is 19.5. The summed E-state index contributed by atoms with van der Waals surface area (Å²) in [7, 11) is -6.00. The summed E-state index contributed by atoms with van der Waals surface area (Å²) in [5.74, 6) is 0. The van der Waals surface area contributed by atoms with E-state index in [-0.39, 0.29) is 0 Å². The second-order valence-electron chi connectivity index (χ2n) is 5.27. The summed E-state index contributed by atoms with van der Waals surface area (Å²) in [4.78, 5) is 9.38. The number of fused-ring (bicyclic) bond motifs is 2. The highest BCUT2D eigenvalue weighted by Crippen LogP contribution is 2.21. The molecule has 0 atom stereocenters. The van der Waals surface area contributed by atoms with E-state index < -0.39 is 7.25 Å². The summed E-state index contributed by atoms with van der Waals surface area (Å²) in [6.07, 6.45) is 0. The number of hydrogen-bond acceptors (Lipinski definition) is 2. The van der Waals surface area contributed by atoms with Crippen LogP contribution in [0.15, 0.2) is 72.8 Å². The van der Waals surface area contributed by atoms with Crippen LogP contribution in [-0.4, -0.2) is 17.2 Å². The molecule has 0 aliphatic rings. The average Bonchev–Trinajstić information content (AvgIpc) is 2.59. The molecule has 0 N–H and O–H groups in total. The number of rotatable bonds is 1. The number of benzene rings is 2. The minimum atomic E-state index is -6.00. The molecule has 0 aliphatic carbocycles. The second kappa shape index (κ2) is 6.89. The molecule has 2 heterocycles. The van der Waals surface area contributed by atoms with Crippen LogP contribution >= 0.6 is 0 Å². The average molecular weight is 343 g/mol. The molecule has 25 heavy (non-hydrogen) atoms. The molecule has 0 spiro atoms. The van der Waals surface area contributed by atoms with E-state index in [0.29, 0.717) is 0 Å². The largest absolute Gasteiger partial charge is 0.673 e. The van der Waals surface area contributed by atoms with Crippen molar-refractivity contribution in [1.82, 2.24) is 9.97 Å². The van der Waals surface area contributed by atoms with E-state index >= 15 is 0 Å². The first-order valence-electron chi connectivity index (χ1n) is 7.49. The maximum absolute atomic E-state index is 9.75. The number of aromatic nitrogens is 2. The molecule has 2 aromatic carbocycles. The third-order valence-electron chi connectivity index (χ3n) is 3.46. The Morgan fingerprint density at radius 2 is 0.880 bits per heavy atom. The van der Waals surface area contributed by atoms with Crippen LogP contribution in [0.4, 0.5) is 17.3 Å². The maximum Gasteiger partial charge on any atom is 0.673 e. The van der Waals surface area contributed by atoms with Crippen LogP contribution in [0.25, 0.3) is 33.2 Å². The van der Waals surface area contributed by atoms with Crippen LogP contribution in [0, 0.1) is 0 Å². The Bertz CT molecular complexity index is 935. The number of pyridine rings is 2. The van der Waals surface area contributed by atoms with Gasteiger partial charge in [-0.2, -0.15) is 0 Å². The molecule has 126 valence electrons. The predicted molar refractivity (Wildman–Crippen MR) is 92.7 cm³/mol. The number of hydrogen-bond donors (Lipinski definition) is 0. The monoisotopic (exact) mass is 343 g/mol. The third-order valence-corrected chi connectivity index (χ3v) is 3.46. The van der Waals surface area contributed by atoms with Crippen molar-refractivity contribution in [3.05, 3.63) is 72.8 Å². The van der Waals surface area contributed by atoms with Gasteiger partial charge in [0.1, 0.15) is 0 Å². The van der Waals surface area contributed by atoms with E-state index in [1.54, 1.807) is 0 Å². The van der Waals surface area contributed by atoms with Gasteiger partial charge in [0.15, 0.2) is 0 Å². The maximum atomic E-state index is 9.75. The van der Waals surface area contributed by atoms with Crippen molar-refractivity contribution < 1.29 is 17.3 Å². The molecule has 0 saturated carbocycles. The van der Waals surface area contributed by atoms with Crippen molar-refractivity contribution in [3.63, 3.8) is 0 Å². The summed E-state index contributed by atoms with van der Waals surface area (Å²) >= 11 is 0. The quantitative estimate of drug-likeness (QED) is 0.325. The van der Waals surface area contributed by atoms with Gasteiger partial charge in [-0.05, 0) is 24.3 Å². The number of para-hydroxylation sites is 2. The lowest BCUT2D eigenvalue weighted by Gasteiger charge is -2.04. The van der Waals surface area contributed by atoms with Crippen LogP contribution < -0.4 is 0 Å². The first-order valence-corrected chi connectivity index (χ1v) is 7.49. The van der Waals surface area contributed by atoms with Crippen LogP contribution in [-0.2, 0) is 0 Å². The van der Waals surface area contributed by atoms with E-state index in [1.165, 1.54) is 0 Å². The first-order chi connectivity index (χ1) is 11.9. The molecule has 7 heteroatoms. The molecule has 0 unspecified atom stereocenters. The standard InChI is InChI=1S/C18H12N2.BF4/c1-3-7-15-13(5-1)9-11-17(19-15)18-12-10-14-6-2-4-8-16(14)20-18;2-1(3,4)5/h1-12H;/q;-1. The third kappa shape index (κ3) is 4.53. The summed E-state index contributed by atoms with van der Waals surface area (Å²) in [6, 6.07) is 24.5. The Morgan fingerprint density at radius 1 is 0.520 bits per heavy atom. The van der Waals surface area contributed by atoms with E-state index in [4.69, 9.17) is 0 Å². The highest BCUT2D eigenvalue weighted by Gasteiger charge is 2.20. The molecule has 0 radical (unpaired) electrons. The Kier molecular flexibility index (Phi) is 4.65. The molecule has 0 bridgehead atoms. The molecule has 2 nitrogen and oxygen atoms in total. The van der Waals surface area contributed by atoms with Gasteiger partial charge in [-0.3, -0.25) is 0 Å². The fraction of sp³-hybridized carbons (Fsp3) is 0. The minimum Gasteiger partial charge on any atom is -0.418 e. The summed E-state index contributed by atoms with van der Waals surface area (Å²) in [5.41, 5.74) is 3.82. The number of halogens is 4. The number of nitrogens with zero attached hydrogens (tertiary/aromatic N) is 2. The molecular formula is C18H12BF4N2-. The van der Waals surface area contributed by atoms with Crippen LogP contribution in [0.2, 0.25) is 0 Å². The van der Waals surface area contributed by atoms with Gasteiger partial charge in [-0.15, -0.1) is 0 Å². The van der Waals surface area contributed by atoms with E-state index in [0.717, 1.165) is 33.2 Å². The molecule has 2 aromatic heterocycles. The highest BCUT2D eigenvalue weighted by molar-refractivity contribution is 6.50. The van der Waals surface area contributed by atoms with E-state index in [1.807, 2.05) is 48.5 Å². The van der Waals surface area contributed by atoms with Crippen LogP contribution in [0.3, 0.4) is 0 Å². The van der Waals surface area contributed by atoms with Crippen molar-refractivity contribution in [3.8, 4) is 11.4 Å². The van der Waals surface area contributed by atoms with Gasteiger partial charge in [-0.25, -0.2) is 9.97 Å². The molecule has 0 amide bonds. The Hall–Kier alpha value is -2.96. The van der Waals surface area contributed by atoms with Gasteiger partial charge < -0.3 is 17.3 Å². The van der Waals surface area contributed by atoms with E-state index in [2.05, 4.69) is 34.2 Å². The lowest BCUT2D eigenvalue weighted by Crippen LogP contribution is -2.02. The SMILES string of the molecule is F[B-](F)(F)F.c1ccc2nc(-c3ccc4ccccc4n3)ccc2c1. The molecule has 4 rings (SSSR count). The first kappa shape index (κ1) is 16.9. The molecule has 0 saturated heterocycles. The van der Waals surface area contributed by atoms with Crippen molar-refractivity contribution in [1.29, 1.82) is 0 Å². The second-order valence-corrected chi connectivity index (χ2v) is 5.27. The zero-order valence-corrected chi connectivity index (χ0v) is 12.9. The summed E-state index contributed by atoms with van der Waals surface area (Å²) < 4.78 is 39.0. The minimum absolute atomic E-state index is 0.912. The summed E-state index contributed by atoms with van der Waals surface area (Å²) in [6.45, 7) is 0. The predicted octanol–water partition coefficient (Wildman–Crippen LogP) is 5.75. The van der Waals surface area contributed by atoms with Gasteiger partial charge in [0.25, 0.3) is 0 Å². The van der Waals surface area contributed by atoms with Gasteiger partial charge >= 0.3 is 7.25 Å². The molecule has 4 aromatic rings. The van der Waals surface area contributed by atoms with E-state index in [9.17, 15) is 17.3 Å². The van der Waals surface area contributed by atoms with Gasteiger partial charge in [0, 0.05) is 10.8 Å². The zero-order chi connectivity index (χ0) is 17.9. The zero-order valence-electron chi connectivity index (χ0n) is 12.9. The summed E-state index contributed by atoms with van der Waals surface area (Å²) in [5, 5.41) is 2.30. The van der Waals surface area contributed by atoms with Gasteiger partial charge in [0.2, 0.25) is 0 Å². The van der Waals surface area contributed by atoms with Crippen molar-refractivity contribution >= 4 is 29.1 Å². The fourth-order valence-corrected chi connectivity index (χ4v) is 2.42. The smallest absolute Gasteiger partial charge is 0.418 e. The Morgan fingerprint density at radius 3 is 1.28 bits per heavy atom. The van der Waals surface area contributed by atoms with Crippen LogP contribution in [0.1, 0.15) is 0 Å². The van der Waals surface area contributed by atoms with Crippen LogP contribution in [0.5, 0.6) is 0 Å². The Balaban J connectivity index is 0.000000324. The van der Waals surface area contributed by atoms with Crippen molar-refractivity contribution in [2.45, 2.75) is 0 Å². The normalized spacial score (nSPS) is 11.2. The lowest BCUT2D eigenvalue weighted by atomic mass is 10.1. The van der Waals surface area contributed by atoms with Gasteiger partial charge in [-0.1, -0.05) is 48.5 Å². The van der Waals surface area contributed by atoms with Gasteiger partial charge in [0.05, 0.1) is 22.4 Å².